The van der Waals surface area contributed by atoms with Crippen molar-refractivity contribution < 1.29 is 28.9 Å². The van der Waals surface area contributed by atoms with Gasteiger partial charge >= 0.3 is 12.0 Å². The van der Waals surface area contributed by atoms with E-state index >= 15 is 0 Å². The molecule has 3 aliphatic rings. The van der Waals surface area contributed by atoms with Crippen molar-refractivity contribution in [1.82, 2.24) is 15.5 Å². The largest absolute Gasteiger partial charge is 0.467 e. The lowest BCUT2D eigenvalue weighted by molar-refractivity contribution is -0.276. The molecule has 7 rings (SSSR count). The monoisotopic (exact) mass is 759 g/mol. The summed E-state index contributed by atoms with van der Waals surface area (Å²) in [6, 6.07) is 33.4. The lowest BCUT2D eigenvalue weighted by Crippen LogP contribution is -2.47. The predicted molar refractivity (Wildman–Crippen MR) is 217 cm³/mol. The second-order valence-electron chi connectivity index (χ2n) is 17.4. The summed E-state index contributed by atoms with van der Waals surface area (Å²) in [7, 11) is 1.32. The predicted octanol–water partition coefficient (Wildman–Crippen LogP) is 8.12. The zero-order chi connectivity index (χ0) is 39.5. The Kier molecular flexibility index (Phi) is 12.0. The molecule has 1 saturated carbocycles. The maximum atomic E-state index is 12.9. The van der Waals surface area contributed by atoms with Crippen LogP contribution in [0.25, 0.3) is 11.1 Å². The van der Waals surface area contributed by atoms with Gasteiger partial charge in [-0.1, -0.05) is 125 Å². The molecule has 2 unspecified atom stereocenters. The number of nitrogens with zero attached hydrogens (tertiary/aromatic N) is 1. The highest BCUT2D eigenvalue weighted by molar-refractivity contribution is 5.83. The fourth-order valence-corrected chi connectivity index (χ4v) is 9.62. The summed E-state index contributed by atoms with van der Waals surface area (Å²) < 4.78 is 18.6. The zero-order valence-electron chi connectivity index (χ0n) is 33.4. The Morgan fingerprint density at radius 2 is 1.57 bits per heavy atom. The minimum absolute atomic E-state index is 0.00887. The van der Waals surface area contributed by atoms with Gasteiger partial charge in [0.05, 0.1) is 25.9 Å². The summed E-state index contributed by atoms with van der Waals surface area (Å²) in [5.41, 5.74) is 7.52. The number of likely N-dealkylation sites (tertiary alicyclic amines) is 1. The molecule has 0 aromatic heterocycles. The van der Waals surface area contributed by atoms with Crippen LogP contribution in [-0.2, 0) is 38.6 Å². The standard InChI is InChI=1S/C47H57N3O6/c1-31-41(27-50-30-47(4)25-39(50)24-46(2,3)29-47)55-44(56-42(31)36-16-14-33(28-51)15-17-36)37-20-18-35(19-21-37)38-13-9-12-34(22-38)26-48-45(53)49-40(43(52)54-5)23-32-10-7-6-8-11-32/h6-22,31,39-42,44,51H,23-30H2,1-5H3,(H2,48,49,53)/t31-,39?,40+,41+,42+,44+,47?/m1/s1. The number of ether oxygens (including phenoxy) is 3. The first-order chi connectivity index (χ1) is 26.9. The van der Waals surface area contributed by atoms with E-state index in [1.807, 2.05) is 54.6 Å². The van der Waals surface area contributed by atoms with Crippen LogP contribution < -0.4 is 10.6 Å². The van der Waals surface area contributed by atoms with E-state index in [0.717, 1.165) is 52.0 Å². The molecule has 2 amide bonds. The number of amides is 2. The number of esters is 1. The molecule has 3 N–H and O–H groups in total. The maximum absolute atomic E-state index is 12.9. The number of rotatable bonds is 12. The number of aliphatic hydroxyl groups is 1. The fraction of sp³-hybridized carbons (Fsp3) is 0.447. The molecular formula is C47H57N3O6. The minimum atomic E-state index is -0.805. The molecule has 7 atom stereocenters. The van der Waals surface area contributed by atoms with Crippen molar-refractivity contribution in [3.8, 4) is 11.1 Å². The fourth-order valence-electron chi connectivity index (χ4n) is 9.62. The van der Waals surface area contributed by atoms with Crippen LogP contribution in [0.4, 0.5) is 4.79 Å². The van der Waals surface area contributed by atoms with Gasteiger partial charge in [0.15, 0.2) is 6.29 Å². The number of methoxy groups -OCH3 is 1. The maximum Gasteiger partial charge on any atom is 0.328 e. The van der Waals surface area contributed by atoms with Gasteiger partial charge in [-0.05, 0) is 69.5 Å². The number of hydrogen-bond acceptors (Lipinski definition) is 7. The van der Waals surface area contributed by atoms with Crippen LogP contribution in [0.1, 0.15) is 87.2 Å². The summed E-state index contributed by atoms with van der Waals surface area (Å²) in [5.74, 6) is -0.372. The van der Waals surface area contributed by atoms with Crippen molar-refractivity contribution in [2.24, 2.45) is 16.7 Å². The Morgan fingerprint density at radius 1 is 0.857 bits per heavy atom. The first kappa shape index (κ1) is 39.7. The topological polar surface area (TPSA) is 109 Å². The number of hydrogen-bond donors (Lipinski definition) is 3. The molecule has 4 aromatic rings. The van der Waals surface area contributed by atoms with E-state index in [4.69, 9.17) is 14.2 Å². The Balaban J connectivity index is 1.03. The van der Waals surface area contributed by atoms with E-state index < -0.39 is 24.3 Å². The molecule has 2 bridgehead atoms. The van der Waals surface area contributed by atoms with E-state index in [-0.39, 0.29) is 31.3 Å². The molecule has 2 aliphatic heterocycles. The van der Waals surface area contributed by atoms with E-state index in [0.29, 0.717) is 23.3 Å². The molecule has 9 nitrogen and oxygen atoms in total. The van der Waals surface area contributed by atoms with Gasteiger partial charge in [-0.3, -0.25) is 4.90 Å². The number of carbonyl (C=O) groups is 2. The Labute approximate surface area is 331 Å². The SMILES string of the molecule is COC(=O)[C@H](Cc1ccccc1)NC(=O)NCc1cccc(-c2ccc([C@H]3O[C@@H](CN4CC5(C)CC4CC(C)(C)C5)[C@@H](C)[C@@H](c4ccc(CO)cc4)O3)cc2)c1. The van der Waals surface area contributed by atoms with E-state index in [2.05, 4.69) is 91.8 Å². The van der Waals surface area contributed by atoms with Gasteiger partial charge in [0.25, 0.3) is 0 Å². The van der Waals surface area contributed by atoms with Gasteiger partial charge in [-0.25, -0.2) is 9.59 Å². The third kappa shape index (κ3) is 9.35. The van der Waals surface area contributed by atoms with Crippen LogP contribution in [0.2, 0.25) is 0 Å². The van der Waals surface area contributed by atoms with Crippen LogP contribution in [0.3, 0.4) is 0 Å². The molecule has 0 radical (unpaired) electrons. The highest BCUT2D eigenvalue weighted by Crippen LogP contribution is 2.53. The molecule has 3 fully saturated rings. The van der Waals surface area contributed by atoms with Gasteiger partial charge in [-0.2, -0.15) is 0 Å². The number of benzene rings is 4. The Morgan fingerprint density at radius 3 is 2.29 bits per heavy atom. The van der Waals surface area contributed by atoms with Crippen molar-refractivity contribution in [2.75, 3.05) is 20.2 Å². The third-order valence-corrected chi connectivity index (χ3v) is 12.0. The Hall–Kier alpha value is -4.54. The smallest absolute Gasteiger partial charge is 0.328 e. The van der Waals surface area contributed by atoms with Crippen molar-refractivity contribution in [1.29, 1.82) is 0 Å². The highest BCUT2D eigenvalue weighted by atomic mass is 16.7. The molecule has 0 spiro atoms. The van der Waals surface area contributed by atoms with Crippen LogP contribution >= 0.6 is 0 Å². The van der Waals surface area contributed by atoms with Gasteiger partial charge in [-0.15, -0.1) is 0 Å². The average molecular weight is 760 g/mol. The normalized spacial score (nSPS) is 26.3. The number of fused-ring (bicyclic) bond motifs is 2. The molecule has 56 heavy (non-hydrogen) atoms. The molecule has 9 heteroatoms. The van der Waals surface area contributed by atoms with Gasteiger partial charge < -0.3 is 30.0 Å². The number of aliphatic hydroxyl groups excluding tert-OH is 1. The zero-order valence-corrected chi connectivity index (χ0v) is 33.4. The van der Waals surface area contributed by atoms with Crippen LogP contribution in [0, 0.1) is 16.7 Å². The van der Waals surface area contributed by atoms with Gasteiger partial charge in [0.1, 0.15) is 6.04 Å². The molecule has 2 saturated heterocycles. The second kappa shape index (κ2) is 16.9. The summed E-state index contributed by atoms with van der Waals surface area (Å²) in [5, 5.41) is 15.4. The quantitative estimate of drug-likeness (QED) is 0.125. The van der Waals surface area contributed by atoms with Crippen LogP contribution in [-0.4, -0.2) is 60.4 Å². The van der Waals surface area contributed by atoms with Gasteiger partial charge in [0.2, 0.25) is 0 Å². The van der Waals surface area contributed by atoms with Gasteiger partial charge in [0, 0.05) is 43.6 Å². The summed E-state index contributed by atoms with van der Waals surface area (Å²) in [6.07, 6.45) is 3.33. The molecule has 1 aliphatic carbocycles. The summed E-state index contributed by atoms with van der Waals surface area (Å²) >= 11 is 0. The highest BCUT2D eigenvalue weighted by Gasteiger charge is 2.51. The van der Waals surface area contributed by atoms with E-state index in [1.54, 1.807) is 0 Å². The lowest BCUT2D eigenvalue weighted by Gasteiger charge is -2.43. The third-order valence-electron chi connectivity index (χ3n) is 12.0. The molecule has 2 heterocycles. The first-order valence-electron chi connectivity index (χ1n) is 20.0. The lowest BCUT2D eigenvalue weighted by atomic mass is 9.65. The molecular weight excluding hydrogens is 703 g/mol. The minimum Gasteiger partial charge on any atom is -0.467 e. The van der Waals surface area contributed by atoms with Crippen LogP contribution in [0.5, 0.6) is 0 Å². The summed E-state index contributed by atoms with van der Waals surface area (Å²) in [6.45, 7) is 11.8. The first-order valence-corrected chi connectivity index (χ1v) is 20.0. The molecule has 296 valence electrons. The second-order valence-corrected chi connectivity index (χ2v) is 17.4. The number of carbonyl (C=O) groups excluding carboxylic acids is 2. The van der Waals surface area contributed by atoms with Crippen LogP contribution in [0.15, 0.2) is 103 Å². The van der Waals surface area contributed by atoms with Crippen molar-refractivity contribution >= 4 is 12.0 Å². The van der Waals surface area contributed by atoms with Crippen molar-refractivity contribution in [3.63, 3.8) is 0 Å². The van der Waals surface area contributed by atoms with Crippen molar-refractivity contribution in [2.45, 2.75) is 97.1 Å². The number of nitrogens with one attached hydrogen (secondary N) is 2. The molecule has 4 aromatic carbocycles. The van der Waals surface area contributed by atoms with E-state index in [1.165, 1.54) is 26.4 Å². The van der Waals surface area contributed by atoms with Crippen molar-refractivity contribution in [3.05, 3.63) is 131 Å². The van der Waals surface area contributed by atoms with E-state index in [9.17, 15) is 14.7 Å². The number of urea groups is 1. The average Bonchev–Trinajstić information content (AvgIpc) is 3.44. The summed E-state index contributed by atoms with van der Waals surface area (Å²) in [4.78, 5) is 28.0. The Bertz CT molecular complexity index is 1950.